The van der Waals surface area contributed by atoms with E-state index in [9.17, 15) is 18.0 Å². The molecule has 0 unspecified atom stereocenters. The van der Waals surface area contributed by atoms with Gasteiger partial charge >= 0.3 is 6.18 Å². The lowest BCUT2D eigenvalue weighted by Crippen LogP contribution is -2.18. The standard InChI is InChI=1S/C19H17ClF3N5OS/c1-10-6-11(2)25-18(24-10)28-16(7-12(3)27-28)26-17(29)9-30-13-4-5-15(20)14(8-13)19(21,22)23/h4-8H,9H2,1-3H3,(H,26,29). The molecule has 0 bridgehead atoms. The molecule has 0 aliphatic heterocycles. The van der Waals surface area contributed by atoms with Crippen molar-refractivity contribution in [1.29, 1.82) is 0 Å². The molecule has 1 amide bonds. The van der Waals surface area contributed by atoms with Gasteiger partial charge in [-0.15, -0.1) is 11.8 Å². The van der Waals surface area contributed by atoms with Crippen molar-refractivity contribution in [2.45, 2.75) is 31.8 Å². The Hall–Kier alpha value is -2.59. The fourth-order valence-electron chi connectivity index (χ4n) is 2.68. The van der Waals surface area contributed by atoms with Gasteiger partial charge in [0.25, 0.3) is 5.95 Å². The lowest BCUT2D eigenvalue weighted by Gasteiger charge is -2.11. The molecule has 3 aromatic rings. The van der Waals surface area contributed by atoms with E-state index in [1.807, 2.05) is 19.9 Å². The summed E-state index contributed by atoms with van der Waals surface area (Å²) in [5.74, 6) is 0.178. The van der Waals surface area contributed by atoms with Crippen molar-refractivity contribution < 1.29 is 18.0 Å². The van der Waals surface area contributed by atoms with Gasteiger partial charge < -0.3 is 5.32 Å². The Morgan fingerprint density at radius 1 is 1.10 bits per heavy atom. The van der Waals surface area contributed by atoms with Gasteiger partial charge in [-0.1, -0.05) is 11.6 Å². The number of thioether (sulfide) groups is 1. The largest absolute Gasteiger partial charge is 0.417 e. The minimum atomic E-state index is -4.56. The molecule has 0 saturated heterocycles. The molecule has 1 aromatic carbocycles. The zero-order chi connectivity index (χ0) is 22.1. The molecule has 0 atom stereocenters. The maximum absolute atomic E-state index is 13.0. The van der Waals surface area contributed by atoms with E-state index in [4.69, 9.17) is 11.6 Å². The van der Waals surface area contributed by atoms with Crippen molar-refractivity contribution in [2.24, 2.45) is 0 Å². The highest BCUT2D eigenvalue weighted by Crippen LogP contribution is 2.37. The van der Waals surface area contributed by atoms with E-state index >= 15 is 0 Å². The Balaban J connectivity index is 1.74. The molecular weight excluding hydrogens is 439 g/mol. The third-order valence-electron chi connectivity index (χ3n) is 3.87. The highest BCUT2D eigenvalue weighted by molar-refractivity contribution is 8.00. The molecule has 158 valence electrons. The Morgan fingerprint density at radius 2 is 1.77 bits per heavy atom. The van der Waals surface area contributed by atoms with Crippen LogP contribution in [0.4, 0.5) is 19.0 Å². The molecule has 11 heteroatoms. The van der Waals surface area contributed by atoms with Crippen LogP contribution in [0.2, 0.25) is 5.02 Å². The van der Waals surface area contributed by atoms with Crippen molar-refractivity contribution in [3.63, 3.8) is 0 Å². The van der Waals surface area contributed by atoms with Crippen LogP contribution in [0.3, 0.4) is 0 Å². The van der Waals surface area contributed by atoms with Crippen LogP contribution in [0.15, 0.2) is 35.2 Å². The maximum Gasteiger partial charge on any atom is 0.417 e. The number of hydrogen-bond donors (Lipinski definition) is 1. The smallest absolute Gasteiger partial charge is 0.310 e. The first-order valence-electron chi connectivity index (χ1n) is 8.71. The number of carbonyl (C=O) groups excluding carboxylic acids is 1. The first kappa shape index (κ1) is 22.1. The van der Waals surface area contributed by atoms with Crippen LogP contribution in [0, 0.1) is 20.8 Å². The molecule has 2 aromatic heterocycles. The summed E-state index contributed by atoms with van der Waals surface area (Å²) in [5, 5.41) is 6.64. The van der Waals surface area contributed by atoms with Gasteiger partial charge in [-0.25, -0.2) is 9.97 Å². The number of benzene rings is 1. The number of halogens is 4. The summed E-state index contributed by atoms with van der Waals surface area (Å²) in [6.07, 6.45) is -4.56. The van der Waals surface area contributed by atoms with Crippen LogP contribution in [-0.4, -0.2) is 31.4 Å². The van der Waals surface area contributed by atoms with Gasteiger partial charge in [0.2, 0.25) is 5.91 Å². The molecule has 0 fully saturated rings. The zero-order valence-electron chi connectivity index (χ0n) is 16.2. The van der Waals surface area contributed by atoms with Crippen molar-refractivity contribution in [3.05, 3.63) is 58.0 Å². The minimum absolute atomic E-state index is 0.100. The Labute approximate surface area is 179 Å². The Kier molecular flexibility index (Phi) is 6.37. The maximum atomic E-state index is 13.0. The van der Waals surface area contributed by atoms with Gasteiger partial charge in [0.1, 0.15) is 5.82 Å². The number of rotatable bonds is 5. The molecule has 0 spiro atoms. The minimum Gasteiger partial charge on any atom is -0.310 e. The van der Waals surface area contributed by atoms with Gasteiger partial charge in [-0.2, -0.15) is 23.0 Å². The summed E-state index contributed by atoms with van der Waals surface area (Å²) in [4.78, 5) is 21.3. The second-order valence-electron chi connectivity index (χ2n) is 6.51. The van der Waals surface area contributed by atoms with Gasteiger partial charge in [-0.3, -0.25) is 4.79 Å². The second kappa shape index (κ2) is 8.65. The number of amides is 1. The highest BCUT2D eigenvalue weighted by Gasteiger charge is 2.33. The molecule has 2 heterocycles. The summed E-state index contributed by atoms with van der Waals surface area (Å²) in [6, 6.07) is 7.01. The monoisotopic (exact) mass is 455 g/mol. The van der Waals surface area contributed by atoms with Gasteiger partial charge in [0.15, 0.2) is 0 Å². The number of hydrogen-bond acceptors (Lipinski definition) is 5. The average Bonchev–Trinajstić information content (AvgIpc) is 2.99. The topological polar surface area (TPSA) is 72.7 Å². The number of anilines is 1. The van der Waals surface area contributed by atoms with E-state index in [0.29, 0.717) is 17.5 Å². The van der Waals surface area contributed by atoms with Gasteiger partial charge in [0, 0.05) is 22.3 Å². The van der Waals surface area contributed by atoms with E-state index in [1.165, 1.54) is 16.8 Å². The van der Waals surface area contributed by atoms with E-state index in [0.717, 1.165) is 29.2 Å². The molecular formula is C19H17ClF3N5OS. The van der Waals surface area contributed by atoms with Gasteiger partial charge in [0.05, 0.1) is 22.0 Å². The predicted octanol–water partition coefficient (Wildman–Crippen LogP) is 4.99. The molecule has 0 aliphatic carbocycles. The van der Waals surface area contributed by atoms with Crippen molar-refractivity contribution >= 4 is 35.1 Å². The molecule has 0 aliphatic rings. The summed E-state index contributed by atoms with van der Waals surface area (Å²) >= 11 is 6.59. The summed E-state index contributed by atoms with van der Waals surface area (Å²) in [5.41, 5.74) is 1.21. The number of nitrogens with one attached hydrogen (secondary N) is 1. The third-order valence-corrected chi connectivity index (χ3v) is 5.20. The van der Waals surface area contributed by atoms with Crippen LogP contribution in [-0.2, 0) is 11.0 Å². The molecule has 1 N–H and O–H groups in total. The fourth-order valence-corrected chi connectivity index (χ4v) is 3.64. The van der Waals surface area contributed by atoms with E-state index in [1.54, 1.807) is 13.0 Å². The molecule has 0 radical (unpaired) electrons. The van der Waals surface area contributed by atoms with Crippen molar-refractivity contribution in [1.82, 2.24) is 19.7 Å². The number of nitrogens with zero attached hydrogens (tertiary/aromatic N) is 4. The van der Waals surface area contributed by atoms with Crippen LogP contribution < -0.4 is 5.32 Å². The lowest BCUT2D eigenvalue weighted by atomic mass is 10.2. The van der Waals surface area contributed by atoms with Crippen LogP contribution in [0.1, 0.15) is 22.6 Å². The third kappa shape index (κ3) is 5.31. The Morgan fingerprint density at radius 3 is 2.40 bits per heavy atom. The van der Waals surface area contributed by atoms with Crippen LogP contribution in [0.25, 0.3) is 5.95 Å². The molecule has 3 rings (SSSR count). The number of aromatic nitrogens is 4. The molecule has 30 heavy (non-hydrogen) atoms. The highest BCUT2D eigenvalue weighted by atomic mass is 35.5. The molecule has 0 saturated carbocycles. The van der Waals surface area contributed by atoms with Gasteiger partial charge in [-0.05, 0) is 45.0 Å². The lowest BCUT2D eigenvalue weighted by molar-refractivity contribution is -0.137. The number of carbonyl (C=O) groups is 1. The second-order valence-corrected chi connectivity index (χ2v) is 7.97. The van der Waals surface area contributed by atoms with Crippen molar-refractivity contribution in [2.75, 3.05) is 11.1 Å². The zero-order valence-corrected chi connectivity index (χ0v) is 17.8. The predicted molar refractivity (Wildman–Crippen MR) is 109 cm³/mol. The first-order chi connectivity index (χ1) is 14.0. The van der Waals surface area contributed by atoms with E-state index in [-0.39, 0.29) is 15.7 Å². The average molecular weight is 456 g/mol. The summed E-state index contributed by atoms with van der Waals surface area (Å²) in [7, 11) is 0. The van der Waals surface area contributed by atoms with E-state index < -0.39 is 17.6 Å². The quantitative estimate of drug-likeness (QED) is 0.549. The van der Waals surface area contributed by atoms with E-state index in [2.05, 4.69) is 20.4 Å². The molecule has 6 nitrogen and oxygen atoms in total. The Bertz CT molecular complexity index is 1080. The number of aryl methyl sites for hydroxylation is 3. The van der Waals surface area contributed by atoms with Crippen LogP contribution >= 0.6 is 23.4 Å². The SMILES string of the molecule is Cc1cc(C)nc(-n2nc(C)cc2NC(=O)CSc2ccc(Cl)c(C(F)(F)F)c2)n1. The normalized spacial score (nSPS) is 11.6. The first-order valence-corrected chi connectivity index (χ1v) is 10.1. The number of alkyl halides is 3. The summed E-state index contributed by atoms with van der Waals surface area (Å²) < 4.78 is 40.4. The van der Waals surface area contributed by atoms with Crippen LogP contribution in [0.5, 0.6) is 0 Å². The summed E-state index contributed by atoms with van der Waals surface area (Å²) in [6.45, 7) is 5.41. The fraction of sp³-hybridized carbons (Fsp3) is 0.263. The van der Waals surface area contributed by atoms with Crippen molar-refractivity contribution in [3.8, 4) is 5.95 Å².